The average molecular weight is 292 g/mol. The van der Waals surface area contributed by atoms with E-state index in [4.69, 9.17) is 0 Å². The van der Waals surface area contributed by atoms with Gasteiger partial charge in [0.05, 0.1) is 0 Å². The predicted molar refractivity (Wildman–Crippen MR) is 72.3 cm³/mol. The number of nitro groups is 1. The highest BCUT2D eigenvalue weighted by Crippen LogP contribution is 2.24. The van der Waals surface area contributed by atoms with E-state index in [1.807, 2.05) is 11.4 Å². The standard InChI is InChI=1S/C12H12N4O3S/c17-12(7-14-6-11(13-8-14)16(18)19)15-3-1-10-9(5-15)2-4-20-10/h2,4,6,8H,1,3,5,7H2. The lowest BCUT2D eigenvalue weighted by Gasteiger charge is -2.27. The van der Waals surface area contributed by atoms with Gasteiger partial charge in [0.15, 0.2) is 0 Å². The maximum absolute atomic E-state index is 12.2. The largest absolute Gasteiger partial charge is 0.381 e. The summed E-state index contributed by atoms with van der Waals surface area (Å²) >= 11 is 1.72. The average Bonchev–Trinajstić information content (AvgIpc) is 3.05. The van der Waals surface area contributed by atoms with Gasteiger partial charge in [0.2, 0.25) is 12.2 Å². The Morgan fingerprint density at radius 3 is 3.15 bits per heavy atom. The molecule has 0 saturated heterocycles. The topological polar surface area (TPSA) is 81.3 Å². The first kappa shape index (κ1) is 12.8. The summed E-state index contributed by atoms with van der Waals surface area (Å²) < 4.78 is 1.45. The van der Waals surface area contributed by atoms with Gasteiger partial charge in [-0.1, -0.05) is 0 Å². The van der Waals surface area contributed by atoms with Crippen molar-refractivity contribution in [1.29, 1.82) is 0 Å². The summed E-state index contributed by atoms with van der Waals surface area (Å²) in [6.07, 6.45) is 3.47. The predicted octanol–water partition coefficient (Wildman–Crippen LogP) is 1.44. The molecule has 20 heavy (non-hydrogen) atoms. The second kappa shape index (κ2) is 5.04. The van der Waals surface area contributed by atoms with Crippen molar-refractivity contribution in [1.82, 2.24) is 14.5 Å². The fourth-order valence-electron chi connectivity index (χ4n) is 2.25. The van der Waals surface area contributed by atoms with E-state index in [9.17, 15) is 14.9 Å². The maximum atomic E-state index is 12.2. The highest BCUT2D eigenvalue weighted by molar-refractivity contribution is 7.10. The lowest BCUT2D eigenvalue weighted by atomic mass is 10.1. The number of amides is 1. The van der Waals surface area contributed by atoms with Gasteiger partial charge in [-0.2, -0.15) is 0 Å². The van der Waals surface area contributed by atoms with E-state index in [1.54, 1.807) is 16.2 Å². The second-order valence-electron chi connectivity index (χ2n) is 4.60. The van der Waals surface area contributed by atoms with Crippen LogP contribution in [-0.2, 0) is 24.3 Å². The molecular formula is C12H12N4O3S. The Balaban J connectivity index is 1.66. The molecule has 0 fully saturated rings. The Morgan fingerprint density at radius 2 is 2.40 bits per heavy atom. The van der Waals surface area contributed by atoms with Crippen LogP contribution in [0.4, 0.5) is 5.82 Å². The fourth-order valence-corrected chi connectivity index (χ4v) is 3.14. The summed E-state index contributed by atoms with van der Waals surface area (Å²) in [5.74, 6) is -0.286. The summed E-state index contributed by atoms with van der Waals surface area (Å²) in [5.41, 5.74) is 1.20. The van der Waals surface area contributed by atoms with Gasteiger partial charge in [-0.05, 0) is 33.3 Å². The number of rotatable bonds is 3. The van der Waals surface area contributed by atoms with Crippen LogP contribution in [0, 0.1) is 10.1 Å². The Morgan fingerprint density at radius 1 is 1.55 bits per heavy atom. The van der Waals surface area contributed by atoms with Crippen molar-refractivity contribution in [3.05, 3.63) is 44.5 Å². The first-order valence-corrected chi connectivity index (χ1v) is 7.00. The van der Waals surface area contributed by atoms with Gasteiger partial charge in [0, 0.05) is 18.0 Å². The van der Waals surface area contributed by atoms with E-state index in [1.165, 1.54) is 27.5 Å². The zero-order chi connectivity index (χ0) is 14.1. The molecule has 2 aromatic heterocycles. The number of aromatic nitrogens is 2. The molecule has 0 bridgehead atoms. The minimum absolute atomic E-state index is 0.0471. The summed E-state index contributed by atoms with van der Waals surface area (Å²) in [7, 11) is 0. The molecule has 0 N–H and O–H groups in total. The Bertz CT molecular complexity index is 663. The van der Waals surface area contributed by atoms with Crippen LogP contribution in [-0.4, -0.2) is 31.8 Å². The van der Waals surface area contributed by atoms with Gasteiger partial charge in [0.25, 0.3) is 0 Å². The number of carbonyl (C=O) groups is 1. The third kappa shape index (κ3) is 2.42. The third-order valence-corrected chi connectivity index (χ3v) is 4.31. The fraction of sp³-hybridized carbons (Fsp3) is 0.333. The van der Waals surface area contributed by atoms with Gasteiger partial charge in [0.1, 0.15) is 12.7 Å². The van der Waals surface area contributed by atoms with Gasteiger partial charge in [-0.3, -0.25) is 4.79 Å². The third-order valence-electron chi connectivity index (χ3n) is 3.28. The maximum Gasteiger partial charge on any atom is 0.381 e. The first-order valence-electron chi connectivity index (χ1n) is 6.12. The van der Waals surface area contributed by atoms with E-state index in [-0.39, 0.29) is 18.3 Å². The van der Waals surface area contributed by atoms with E-state index >= 15 is 0 Å². The molecule has 2 aromatic rings. The van der Waals surface area contributed by atoms with Gasteiger partial charge in [-0.25, -0.2) is 0 Å². The van der Waals surface area contributed by atoms with Crippen molar-refractivity contribution in [2.45, 2.75) is 19.5 Å². The molecule has 0 saturated carbocycles. The van der Waals surface area contributed by atoms with Crippen molar-refractivity contribution >= 4 is 23.1 Å². The lowest BCUT2D eigenvalue weighted by molar-refractivity contribution is -0.389. The number of hydrogen-bond acceptors (Lipinski definition) is 5. The molecule has 0 aliphatic carbocycles. The van der Waals surface area contributed by atoms with Crippen LogP contribution in [0.25, 0.3) is 0 Å². The Hall–Kier alpha value is -2.22. The minimum Gasteiger partial charge on any atom is -0.358 e. The van der Waals surface area contributed by atoms with Crippen LogP contribution in [0.3, 0.4) is 0 Å². The summed E-state index contributed by atoms with van der Waals surface area (Å²) in [4.78, 5) is 28.9. The number of fused-ring (bicyclic) bond motifs is 1. The molecule has 0 radical (unpaired) electrons. The van der Waals surface area contributed by atoms with Crippen LogP contribution in [0.2, 0.25) is 0 Å². The molecule has 0 unspecified atom stereocenters. The molecule has 0 atom stereocenters. The van der Waals surface area contributed by atoms with E-state index in [0.717, 1.165) is 6.42 Å². The van der Waals surface area contributed by atoms with Crippen LogP contribution < -0.4 is 0 Å². The van der Waals surface area contributed by atoms with Gasteiger partial charge in [-0.15, -0.1) is 11.3 Å². The van der Waals surface area contributed by atoms with Crippen LogP contribution in [0.15, 0.2) is 24.0 Å². The molecule has 7 nitrogen and oxygen atoms in total. The molecule has 0 aromatic carbocycles. The highest BCUT2D eigenvalue weighted by atomic mass is 32.1. The molecule has 1 amide bonds. The monoisotopic (exact) mass is 292 g/mol. The smallest absolute Gasteiger partial charge is 0.358 e. The first-order chi connectivity index (χ1) is 9.63. The molecule has 104 valence electrons. The molecule has 8 heteroatoms. The van der Waals surface area contributed by atoms with Crippen LogP contribution in [0.1, 0.15) is 10.4 Å². The van der Waals surface area contributed by atoms with E-state index in [2.05, 4.69) is 4.98 Å². The zero-order valence-corrected chi connectivity index (χ0v) is 11.4. The molecule has 1 aliphatic heterocycles. The van der Waals surface area contributed by atoms with Crippen LogP contribution >= 0.6 is 11.3 Å². The molecule has 1 aliphatic rings. The lowest BCUT2D eigenvalue weighted by Crippen LogP contribution is -2.37. The van der Waals surface area contributed by atoms with E-state index in [0.29, 0.717) is 13.1 Å². The molecule has 3 heterocycles. The van der Waals surface area contributed by atoms with Crippen molar-refractivity contribution in [2.24, 2.45) is 0 Å². The number of carbonyl (C=O) groups excluding carboxylic acids is 1. The number of hydrogen-bond donors (Lipinski definition) is 0. The molecular weight excluding hydrogens is 280 g/mol. The SMILES string of the molecule is O=C(Cn1cnc([N+](=O)[O-])c1)N1CCc2sccc2C1. The van der Waals surface area contributed by atoms with E-state index < -0.39 is 4.92 Å². The van der Waals surface area contributed by atoms with Crippen LogP contribution in [0.5, 0.6) is 0 Å². The van der Waals surface area contributed by atoms with Crippen molar-refractivity contribution in [3.63, 3.8) is 0 Å². The summed E-state index contributed by atoms with van der Waals surface area (Å²) in [6, 6.07) is 2.04. The van der Waals surface area contributed by atoms with Crippen molar-refractivity contribution < 1.29 is 9.72 Å². The van der Waals surface area contributed by atoms with Crippen molar-refractivity contribution in [2.75, 3.05) is 6.54 Å². The normalized spacial score (nSPS) is 14.1. The quantitative estimate of drug-likeness (QED) is 0.633. The minimum atomic E-state index is -0.570. The Labute approximate surface area is 118 Å². The number of nitrogens with zero attached hydrogens (tertiary/aromatic N) is 4. The molecule has 3 rings (SSSR count). The molecule has 0 spiro atoms. The number of thiophene rings is 1. The summed E-state index contributed by atoms with van der Waals surface area (Å²) in [5, 5.41) is 12.6. The zero-order valence-electron chi connectivity index (χ0n) is 10.6. The number of imidazole rings is 1. The second-order valence-corrected chi connectivity index (χ2v) is 5.60. The Kier molecular flexibility index (Phi) is 3.23. The van der Waals surface area contributed by atoms with Gasteiger partial charge < -0.3 is 19.6 Å². The van der Waals surface area contributed by atoms with Crippen molar-refractivity contribution in [3.8, 4) is 0 Å². The van der Waals surface area contributed by atoms with Gasteiger partial charge >= 0.3 is 5.82 Å². The highest BCUT2D eigenvalue weighted by Gasteiger charge is 2.22. The summed E-state index contributed by atoms with van der Waals surface area (Å²) in [6.45, 7) is 1.40.